The number of hydrogen-bond donors (Lipinski definition) is 3. The third-order valence-corrected chi connectivity index (χ3v) is 4.02. The maximum Gasteiger partial charge on any atom is 0.234 e. The minimum Gasteiger partial charge on any atom is -0.370 e. The number of carbonyl (C=O) groups excluding carboxylic acids is 1. The number of nitrogens with one attached hydrogen (secondary N) is 2. The van der Waals surface area contributed by atoms with E-state index >= 15 is 0 Å². The van der Waals surface area contributed by atoms with Crippen LogP contribution in [0.2, 0.25) is 0 Å². The second kappa shape index (κ2) is 8.09. The molecule has 2 fully saturated rings. The number of guanidine groups is 1. The van der Waals surface area contributed by atoms with Gasteiger partial charge in [0, 0.05) is 25.7 Å². The van der Waals surface area contributed by atoms with Crippen LogP contribution in [-0.4, -0.2) is 55.5 Å². The lowest BCUT2D eigenvalue weighted by molar-refractivity contribution is -0.124. The monoisotopic (exact) mass is 281 g/mol. The zero-order chi connectivity index (χ0) is 14.2. The second-order valence-electron chi connectivity index (χ2n) is 5.73. The Balaban J connectivity index is 1.66. The van der Waals surface area contributed by atoms with Crippen LogP contribution in [0, 0.1) is 0 Å². The SMILES string of the molecule is NC(=NCCN1CCNC(=O)C1)NC1CCCCCC1. The number of hydrogen-bond acceptors (Lipinski definition) is 3. The van der Waals surface area contributed by atoms with Crippen LogP contribution in [0.4, 0.5) is 0 Å². The topological polar surface area (TPSA) is 82.8 Å². The van der Waals surface area contributed by atoms with Crippen LogP contribution in [0.3, 0.4) is 0 Å². The van der Waals surface area contributed by atoms with E-state index in [1.165, 1.54) is 38.5 Å². The van der Waals surface area contributed by atoms with Crippen LogP contribution >= 0.6 is 0 Å². The van der Waals surface area contributed by atoms with E-state index in [9.17, 15) is 4.79 Å². The molecule has 4 N–H and O–H groups in total. The maximum atomic E-state index is 11.2. The molecule has 1 saturated heterocycles. The molecule has 0 unspecified atom stereocenters. The molecule has 1 saturated carbocycles. The van der Waals surface area contributed by atoms with Crippen molar-refractivity contribution in [2.24, 2.45) is 10.7 Å². The van der Waals surface area contributed by atoms with Crippen molar-refractivity contribution in [2.45, 2.75) is 44.6 Å². The van der Waals surface area contributed by atoms with Gasteiger partial charge in [-0.3, -0.25) is 14.7 Å². The van der Waals surface area contributed by atoms with Crippen LogP contribution in [0.25, 0.3) is 0 Å². The van der Waals surface area contributed by atoms with E-state index < -0.39 is 0 Å². The van der Waals surface area contributed by atoms with Gasteiger partial charge in [-0.05, 0) is 12.8 Å². The molecule has 0 atom stereocenters. The van der Waals surface area contributed by atoms with E-state index in [0.29, 0.717) is 25.1 Å². The quantitative estimate of drug-likeness (QED) is 0.386. The van der Waals surface area contributed by atoms with Gasteiger partial charge in [0.05, 0.1) is 13.1 Å². The van der Waals surface area contributed by atoms with Crippen LogP contribution in [0.5, 0.6) is 0 Å². The van der Waals surface area contributed by atoms with Crippen LogP contribution in [-0.2, 0) is 4.79 Å². The molecule has 1 aliphatic heterocycles. The van der Waals surface area contributed by atoms with Crippen molar-refractivity contribution < 1.29 is 4.79 Å². The smallest absolute Gasteiger partial charge is 0.234 e. The number of amides is 1. The average molecular weight is 281 g/mol. The minimum absolute atomic E-state index is 0.102. The van der Waals surface area contributed by atoms with Gasteiger partial charge in [-0.15, -0.1) is 0 Å². The first-order chi connectivity index (χ1) is 9.74. The normalized spacial score (nSPS) is 23.2. The van der Waals surface area contributed by atoms with Gasteiger partial charge >= 0.3 is 0 Å². The van der Waals surface area contributed by atoms with Gasteiger partial charge in [0.25, 0.3) is 0 Å². The van der Waals surface area contributed by atoms with Gasteiger partial charge in [0.2, 0.25) is 5.91 Å². The molecule has 0 aromatic carbocycles. The highest BCUT2D eigenvalue weighted by Crippen LogP contribution is 2.16. The molecule has 0 spiro atoms. The Kier molecular flexibility index (Phi) is 6.11. The van der Waals surface area contributed by atoms with Crippen molar-refractivity contribution in [1.82, 2.24) is 15.5 Å². The largest absolute Gasteiger partial charge is 0.370 e. The summed E-state index contributed by atoms with van der Waals surface area (Å²) in [5, 5.41) is 6.15. The Morgan fingerprint density at radius 3 is 2.80 bits per heavy atom. The van der Waals surface area contributed by atoms with Crippen molar-refractivity contribution >= 4 is 11.9 Å². The van der Waals surface area contributed by atoms with Crippen molar-refractivity contribution in [1.29, 1.82) is 0 Å². The number of piperazine rings is 1. The average Bonchev–Trinajstić information content (AvgIpc) is 2.67. The number of rotatable bonds is 4. The zero-order valence-electron chi connectivity index (χ0n) is 12.2. The minimum atomic E-state index is 0.102. The summed E-state index contributed by atoms with van der Waals surface area (Å²) < 4.78 is 0. The van der Waals surface area contributed by atoms with E-state index in [0.717, 1.165) is 19.6 Å². The second-order valence-corrected chi connectivity index (χ2v) is 5.73. The lowest BCUT2D eigenvalue weighted by Gasteiger charge is -2.25. The van der Waals surface area contributed by atoms with Gasteiger partial charge in [0.15, 0.2) is 5.96 Å². The third kappa shape index (κ3) is 5.36. The zero-order valence-corrected chi connectivity index (χ0v) is 12.2. The summed E-state index contributed by atoms with van der Waals surface area (Å²) in [6.07, 6.45) is 7.64. The summed E-state index contributed by atoms with van der Waals surface area (Å²) in [6, 6.07) is 0.488. The Labute approximate surface area is 121 Å². The van der Waals surface area contributed by atoms with Gasteiger partial charge in [-0.25, -0.2) is 0 Å². The maximum absolute atomic E-state index is 11.2. The molecule has 1 aliphatic carbocycles. The van der Waals surface area contributed by atoms with E-state index in [1.54, 1.807) is 0 Å². The van der Waals surface area contributed by atoms with Gasteiger partial charge in [-0.2, -0.15) is 0 Å². The summed E-state index contributed by atoms with van der Waals surface area (Å²) in [5.41, 5.74) is 5.94. The standard InChI is InChI=1S/C14H27N5O/c15-14(18-12-5-3-1-2-4-6-12)17-8-10-19-9-7-16-13(20)11-19/h12H,1-11H2,(H,16,20)(H3,15,17,18). The first-order valence-corrected chi connectivity index (χ1v) is 7.79. The van der Waals surface area contributed by atoms with Crippen molar-refractivity contribution in [3.8, 4) is 0 Å². The highest BCUT2D eigenvalue weighted by atomic mass is 16.2. The van der Waals surface area contributed by atoms with Crippen LogP contribution < -0.4 is 16.4 Å². The third-order valence-electron chi connectivity index (χ3n) is 4.02. The summed E-state index contributed by atoms with van der Waals surface area (Å²) in [7, 11) is 0. The van der Waals surface area contributed by atoms with Gasteiger partial charge in [0.1, 0.15) is 0 Å². The van der Waals surface area contributed by atoms with Gasteiger partial charge < -0.3 is 16.4 Å². The molecule has 1 heterocycles. The Morgan fingerprint density at radius 2 is 2.10 bits per heavy atom. The summed E-state index contributed by atoms with van der Waals surface area (Å²) in [4.78, 5) is 17.7. The van der Waals surface area contributed by atoms with Crippen molar-refractivity contribution in [2.75, 3.05) is 32.7 Å². The highest BCUT2D eigenvalue weighted by Gasteiger charge is 2.15. The summed E-state index contributed by atoms with van der Waals surface area (Å²) >= 11 is 0. The number of nitrogens with zero attached hydrogens (tertiary/aromatic N) is 2. The predicted molar refractivity (Wildman–Crippen MR) is 80.6 cm³/mol. The molecule has 1 amide bonds. The van der Waals surface area contributed by atoms with Gasteiger partial charge in [-0.1, -0.05) is 25.7 Å². The molecule has 0 aromatic heterocycles. The van der Waals surface area contributed by atoms with Crippen LogP contribution in [0.1, 0.15) is 38.5 Å². The molecule has 114 valence electrons. The molecule has 0 bridgehead atoms. The molecule has 6 nitrogen and oxygen atoms in total. The van der Waals surface area contributed by atoms with Crippen molar-refractivity contribution in [3.05, 3.63) is 0 Å². The predicted octanol–water partition coefficient (Wildman–Crippen LogP) is 0.0453. The molecule has 0 aromatic rings. The Hall–Kier alpha value is -1.30. The fourth-order valence-electron chi connectivity index (χ4n) is 2.87. The first-order valence-electron chi connectivity index (χ1n) is 7.79. The fraction of sp³-hybridized carbons (Fsp3) is 0.857. The van der Waals surface area contributed by atoms with E-state index in [2.05, 4.69) is 20.5 Å². The highest BCUT2D eigenvalue weighted by molar-refractivity contribution is 5.79. The van der Waals surface area contributed by atoms with E-state index in [-0.39, 0.29) is 5.91 Å². The van der Waals surface area contributed by atoms with Crippen LogP contribution in [0.15, 0.2) is 4.99 Å². The Bertz CT molecular complexity index is 336. The lowest BCUT2D eigenvalue weighted by Crippen LogP contribution is -2.48. The first kappa shape index (κ1) is 15.1. The fourth-order valence-corrected chi connectivity index (χ4v) is 2.87. The van der Waals surface area contributed by atoms with E-state index in [4.69, 9.17) is 5.73 Å². The Morgan fingerprint density at radius 1 is 1.35 bits per heavy atom. The number of nitrogens with two attached hydrogens (primary N) is 1. The lowest BCUT2D eigenvalue weighted by atomic mass is 10.1. The van der Waals surface area contributed by atoms with Crippen molar-refractivity contribution in [3.63, 3.8) is 0 Å². The van der Waals surface area contributed by atoms with E-state index in [1.807, 2.05) is 0 Å². The number of aliphatic imine (C=N–C) groups is 1. The molecule has 2 rings (SSSR count). The summed E-state index contributed by atoms with van der Waals surface area (Å²) in [5.74, 6) is 0.656. The molecular formula is C14H27N5O. The molecule has 0 radical (unpaired) electrons. The summed E-state index contributed by atoms with van der Waals surface area (Å²) in [6.45, 7) is 3.56. The molecule has 2 aliphatic rings. The molecule has 6 heteroatoms. The molecule has 20 heavy (non-hydrogen) atoms. The number of carbonyl (C=O) groups is 1. The molecular weight excluding hydrogens is 254 g/mol.